The second kappa shape index (κ2) is 11.2. The Morgan fingerprint density at radius 1 is 0.913 bits per heavy atom. The van der Waals surface area contributed by atoms with Gasteiger partial charge in [0, 0.05) is 13.5 Å². The molecule has 0 bridgehead atoms. The van der Waals surface area contributed by atoms with Crippen LogP contribution >= 0.6 is 0 Å². The first-order valence-electron chi connectivity index (χ1n) is 8.10. The van der Waals surface area contributed by atoms with Crippen molar-refractivity contribution < 1.29 is 28.6 Å². The molecular formula is C17H30O6. The van der Waals surface area contributed by atoms with Gasteiger partial charge < -0.3 is 14.2 Å². The molecule has 6 heteroatoms. The van der Waals surface area contributed by atoms with Crippen LogP contribution in [0.1, 0.15) is 60.3 Å². The molecule has 0 aliphatic rings. The monoisotopic (exact) mass is 330 g/mol. The van der Waals surface area contributed by atoms with Crippen molar-refractivity contribution in [2.75, 3.05) is 7.11 Å². The molecule has 0 aromatic carbocycles. The van der Waals surface area contributed by atoms with Crippen molar-refractivity contribution in [2.45, 2.75) is 78.6 Å². The first-order valence-corrected chi connectivity index (χ1v) is 8.10. The van der Waals surface area contributed by atoms with Crippen LogP contribution < -0.4 is 0 Å². The summed E-state index contributed by atoms with van der Waals surface area (Å²) in [4.78, 5) is 35.0. The maximum atomic E-state index is 12.0. The highest BCUT2D eigenvalue weighted by atomic mass is 16.6. The third-order valence-electron chi connectivity index (χ3n) is 3.52. The van der Waals surface area contributed by atoms with Gasteiger partial charge in [-0.3, -0.25) is 14.4 Å². The molecule has 0 spiro atoms. The molecule has 6 nitrogen and oxygen atoms in total. The smallest absolute Gasteiger partial charge is 0.309 e. The number of Topliss-reactive ketones (excluding diaryl/α,β-unsaturated/α-hetero) is 1. The van der Waals surface area contributed by atoms with E-state index >= 15 is 0 Å². The minimum absolute atomic E-state index is 0.00920. The summed E-state index contributed by atoms with van der Waals surface area (Å²) < 4.78 is 15.7. The average molecular weight is 330 g/mol. The van der Waals surface area contributed by atoms with E-state index in [4.69, 9.17) is 14.2 Å². The largest absolute Gasteiger partial charge is 0.462 e. The Morgan fingerprint density at radius 2 is 1.48 bits per heavy atom. The van der Waals surface area contributed by atoms with Gasteiger partial charge in [-0.2, -0.15) is 0 Å². The van der Waals surface area contributed by atoms with Gasteiger partial charge >= 0.3 is 11.9 Å². The molecular weight excluding hydrogens is 300 g/mol. The first-order chi connectivity index (χ1) is 10.7. The minimum Gasteiger partial charge on any atom is -0.462 e. The van der Waals surface area contributed by atoms with E-state index in [0.29, 0.717) is 6.42 Å². The summed E-state index contributed by atoms with van der Waals surface area (Å²) >= 11 is 0. The van der Waals surface area contributed by atoms with Crippen LogP contribution in [0.4, 0.5) is 0 Å². The molecule has 3 unspecified atom stereocenters. The summed E-state index contributed by atoms with van der Waals surface area (Å²) in [5, 5.41) is 0. The SMILES string of the molecule is CCC(CC(=O)OC(CC(C)=O)C(C)C)OC(=O)CC(C)OC. The maximum Gasteiger partial charge on any atom is 0.309 e. The fraction of sp³-hybridized carbons (Fsp3) is 0.824. The zero-order chi connectivity index (χ0) is 18.0. The molecule has 0 N–H and O–H groups in total. The number of ether oxygens (including phenoxy) is 3. The Labute approximate surface area is 138 Å². The molecule has 0 saturated carbocycles. The number of hydrogen-bond acceptors (Lipinski definition) is 6. The lowest BCUT2D eigenvalue weighted by atomic mass is 10.0. The van der Waals surface area contributed by atoms with Gasteiger partial charge in [0.2, 0.25) is 0 Å². The summed E-state index contributed by atoms with van der Waals surface area (Å²) in [6.45, 7) is 8.86. The lowest BCUT2D eigenvalue weighted by Gasteiger charge is -2.22. The van der Waals surface area contributed by atoms with E-state index in [-0.39, 0.29) is 37.1 Å². The highest BCUT2D eigenvalue weighted by Crippen LogP contribution is 2.15. The zero-order valence-corrected chi connectivity index (χ0v) is 15.1. The van der Waals surface area contributed by atoms with Crippen LogP contribution in [0.2, 0.25) is 0 Å². The predicted molar refractivity (Wildman–Crippen MR) is 85.9 cm³/mol. The van der Waals surface area contributed by atoms with Crippen molar-refractivity contribution in [1.82, 2.24) is 0 Å². The Balaban J connectivity index is 4.46. The van der Waals surface area contributed by atoms with Crippen LogP contribution in [0.3, 0.4) is 0 Å². The lowest BCUT2D eigenvalue weighted by Crippen LogP contribution is -2.29. The number of carbonyl (C=O) groups excluding carboxylic acids is 3. The first kappa shape index (κ1) is 21.6. The predicted octanol–water partition coefficient (Wildman–Crippen LogP) is 2.67. The Bertz CT molecular complexity index is 391. The minimum atomic E-state index is -0.524. The van der Waals surface area contributed by atoms with Gasteiger partial charge in [-0.05, 0) is 26.2 Å². The maximum absolute atomic E-state index is 12.0. The summed E-state index contributed by atoms with van der Waals surface area (Å²) in [7, 11) is 1.52. The molecule has 0 fully saturated rings. The van der Waals surface area contributed by atoms with E-state index in [1.807, 2.05) is 20.8 Å². The molecule has 0 rings (SSSR count). The molecule has 23 heavy (non-hydrogen) atoms. The van der Waals surface area contributed by atoms with Gasteiger partial charge in [0.25, 0.3) is 0 Å². The standard InChI is InChI=1S/C17H30O6/c1-7-14(22-16(19)9-13(5)21-6)10-17(20)23-15(11(2)3)8-12(4)18/h11,13-15H,7-10H2,1-6H3. The van der Waals surface area contributed by atoms with Gasteiger partial charge in [-0.25, -0.2) is 0 Å². The van der Waals surface area contributed by atoms with E-state index in [0.717, 1.165) is 0 Å². The third-order valence-corrected chi connectivity index (χ3v) is 3.52. The Kier molecular flexibility index (Phi) is 10.5. The van der Waals surface area contributed by atoms with Gasteiger partial charge in [0.1, 0.15) is 18.0 Å². The highest BCUT2D eigenvalue weighted by molar-refractivity contribution is 5.77. The molecule has 3 atom stereocenters. The van der Waals surface area contributed by atoms with Crippen molar-refractivity contribution in [1.29, 1.82) is 0 Å². The number of esters is 2. The van der Waals surface area contributed by atoms with E-state index in [1.54, 1.807) is 6.92 Å². The van der Waals surface area contributed by atoms with Crippen LogP contribution in [0.5, 0.6) is 0 Å². The topological polar surface area (TPSA) is 78.9 Å². The summed E-state index contributed by atoms with van der Waals surface area (Å²) in [6, 6.07) is 0. The summed E-state index contributed by atoms with van der Waals surface area (Å²) in [6.07, 6.45) is -0.350. The number of carbonyl (C=O) groups is 3. The van der Waals surface area contributed by atoms with Crippen LogP contribution in [0.15, 0.2) is 0 Å². The Morgan fingerprint density at radius 3 is 1.91 bits per heavy atom. The number of rotatable bonds is 11. The number of ketones is 1. The lowest BCUT2D eigenvalue weighted by molar-refractivity contribution is -0.160. The van der Waals surface area contributed by atoms with E-state index in [2.05, 4.69) is 0 Å². The van der Waals surface area contributed by atoms with Crippen molar-refractivity contribution >= 4 is 17.7 Å². The molecule has 0 aliphatic heterocycles. The van der Waals surface area contributed by atoms with Crippen molar-refractivity contribution in [2.24, 2.45) is 5.92 Å². The molecule has 0 aliphatic carbocycles. The summed E-state index contributed by atoms with van der Waals surface area (Å²) in [5.74, 6) is -0.830. The molecule has 0 heterocycles. The normalized spacial score (nSPS) is 14.9. The van der Waals surface area contributed by atoms with Crippen LogP contribution in [0.25, 0.3) is 0 Å². The van der Waals surface area contributed by atoms with E-state index in [9.17, 15) is 14.4 Å². The van der Waals surface area contributed by atoms with Gasteiger partial charge in [0.05, 0.1) is 18.9 Å². The fourth-order valence-corrected chi connectivity index (χ4v) is 1.92. The fourth-order valence-electron chi connectivity index (χ4n) is 1.92. The number of methoxy groups -OCH3 is 1. The van der Waals surface area contributed by atoms with Crippen LogP contribution in [-0.4, -0.2) is 43.1 Å². The van der Waals surface area contributed by atoms with E-state index < -0.39 is 24.1 Å². The second-order valence-corrected chi connectivity index (χ2v) is 6.15. The molecule has 0 aromatic rings. The molecule has 134 valence electrons. The number of hydrogen-bond donors (Lipinski definition) is 0. The third kappa shape index (κ3) is 10.0. The van der Waals surface area contributed by atoms with Crippen molar-refractivity contribution in [3.05, 3.63) is 0 Å². The van der Waals surface area contributed by atoms with Crippen LogP contribution in [0, 0.1) is 5.92 Å². The summed E-state index contributed by atoms with van der Waals surface area (Å²) in [5.41, 5.74) is 0. The quantitative estimate of drug-likeness (QED) is 0.542. The van der Waals surface area contributed by atoms with Crippen molar-refractivity contribution in [3.8, 4) is 0 Å². The molecule has 0 radical (unpaired) electrons. The molecule has 0 amide bonds. The van der Waals surface area contributed by atoms with Gasteiger partial charge in [-0.1, -0.05) is 20.8 Å². The van der Waals surface area contributed by atoms with Gasteiger partial charge in [-0.15, -0.1) is 0 Å². The average Bonchev–Trinajstić information content (AvgIpc) is 2.44. The Hall–Kier alpha value is -1.43. The van der Waals surface area contributed by atoms with Gasteiger partial charge in [0.15, 0.2) is 0 Å². The molecule has 0 aromatic heterocycles. The highest BCUT2D eigenvalue weighted by Gasteiger charge is 2.24. The second-order valence-electron chi connectivity index (χ2n) is 6.15. The van der Waals surface area contributed by atoms with Crippen molar-refractivity contribution in [3.63, 3.8) is 0 Å². The molecule has 0 saturated heterocycles. The van der Waals surface area contributed by atoms with E-state index in [1.165, 1.54) is 14.0 Å². The zero-order valence-electron chi connectivity index (χ0n) is 15.1. The van der Waals surface area contributed by atoms with Crippen LogP contribution in [-0.2, 0) is 28.6 Å².